The van der Waals surface area contributed by atoms with Gasteiger partial charge in [0.2, 0.25) is 0 Å². The monoisotopic (exact) mass is 291 g/mol. The number of benzene rings is 1. The lowest BCUT2D eigenvalue weighted by atomic mass is 9.87. The Bertz CT molecular complexity index is 378. The topological polar surface area (TPSA) is 35.2 Å². The SMILES string of the molecule is CCCC(C[C@H](CCC)OC)c1cccc(CCCN)c1. The lowest BCUT2D eigenvalue weighted by Crippen LogP contribution is -2.15. The quantitative estimate of drug-likeness (QED) is 0.643. The van der Waals surface area contributed by atoms with E-state index in [9.17, 15) is 0 Å². The third kappa shape index (κ3) is 6.62. The van der Waals surface area contributed by atoms with Gasteiger partial charge in [-0.25, -0.2) is 0 Å². The van der Waals surface area contributed by atoms with Crippen molar-refractivity contribution >= 4 is 0 Å². The van der Waals surface area contributed by atoms with Crippen LogP contribution < -0.4 is 5.73 Å². The molecular formula is C19H33NO. The van der Waals surface area contributed by atoms with Crippen LogP contribution >= 0.6 is 0 Å². The van der Waals surface area contributed by atoms with Gasteiger partial charge in [0, 0.05) is 7.11 Å². The van der Waals surface area contributed by atoms with Gasteiger partial charge in [-0.1, -0.05) is 51.0 Å². The normalized spacial score (nSPS) is 14.1. The summed E-state index contributed by atoms with van der Waals surface area (Å²) in [7, 11) is 1.85. The van der Waals surface area contributed by atoms with E-state index < -0.39 is 0 Å². The molecule has 2 nitrogen and oxygen atoms in total. The summed E-state index contributed by atoms with van der Waals surface area (Å²) in [5.41, 5.74) is 8.52. The van der Waals surface area contributed by atoms with Crippen LogP contribution in [0.5, 0.6) is 0 Å². The molecule has 0 aliphatic rings. The molecule has 1 aromatic rings. The fourth-order valence-electron chi connectivity index (χ4n) is 3.05. The summed E-state index contributed by atoms with van der Waals surface area (Å²) in [6.45, 7) is 5.27. The van der Waals surface area contributed by atoms with E-state index in [0.717, 1.165) is 32.2 Å². The van der Waals surface area contributed by atoms with Crippen molar-refractivity contribution in [1.29, 1.82) is 0 Å². The lowest BCUT2D eigenvalue weighted by molar-refractivity contribution is 0.0800. The molecular weight excluding hydrogens is 258 g/mol. The van der Waals surface area contributed by atoms with Crippen LogP contribution in [0.4, 0.5) is 0 Å². The molecule has 0 aliphatic carbocycles. The second-order valence-electron chi connectivity index (χ2n) is 6.00. The Labute approximate surface area is 131 Å². The van der Waals surface area contributed by atoms with Gasteiger partial charge in [-0.3, -0.25) is 0 Å². The average molecular weight is 291 g/mol. The highest BCUT2D eigenvalue weighted by molar-refractivity contribution is 5.26. The zero-order valence-electron chi connectivity index (χ0n) is 14.1. The van der Waals surface area contributed by atoms with Crippen LogP contribution in [0.3, 0.4) is 0 Å². The van der Waals surface area contributed by atoms with Crippen LogP contribution in [-0.4, -0.2) is 19.8 Å². The number of aryl methyl sites for hydroxylation is 1. The molecule has 1 aromatic carbocycles. The molecule has 120 valence electrons. The van der Waals surface area contributed by atoms with Crippen molar-refractivity contribution in [2.24, 2.45) is 5.73 Å². The molecule has 1 unspecified atom stereocenters. The van der Waals surface area contributed by atoms with Gasteiger partial charge in [-0.15, -0.1) is 0 Å². The Hall–Kier alpha value is -0.860. The van der Waals surface area contributed by atoms with E-state index in [1.54, 1.807) is 0 Å². The van der Waals surface area contributed by atoms with Crippen molar-refractivity contribution in [2.45, 2.75) is 70.8 Å². The Morgan fingerprint density at radius 1 is 1.14 bits per heavy atom. The molecule has 2 heteroatoms. The fraction of sp³-hybridized carbons (Fsp3) is 0.684. The Morgan fingerprint density at radius 3 is 2.52 bits per heavy atom. The highest BCUT2D eigenvalue weighted by Gasteiger charge is 2.17. The van der Waals surface area contributed by atoms with Crippen molar-refractivity contribution in [2.75, 3.05) is 13.7 Å². The predicted octanol–water partition coefficient (Wildman–Crippen LogP) is 4.67. The summed E-state index contributed by atoms with van der Waals surface area (Å²) in [5.74, 6) is 0.615. The van der Waals surface area contributed by atoms with Crippen molar-refractivity contribution in [3.8, 4) is 0 Å². The molecule has 0 fully saturated rings. The largest absolute Gasteiger partial charge is 0.381 e. The summed E-state index contributed by atoms with van der Waals surface area (Å²) in [6.07, 6.45) is 8.49. The molecule has 2 atom stereocenters. The minimum absolute atomic E-state index is 0.388. The zero-order valence-corrected chi connectivity index (χ0v) is 14.1. The van der Waals surface area contributed by atoms with Crippen LogP contribution in [0.2, 0.25) is 0 Å². The second kappa shape index (κ2) is 10.8. The molecule has 2 N–H and O–H groups in total. The standard InChI is InChI=1S/C19H33NO/c1-4-8-17(15-19(21-3)9-5-2)18-12-6-10-16(14-18)11-7-13-20/h6,10,12,14,17,19H,4-5,7-9,11,13,15,20H2,1-3H3/t17?,19-/m0/s1. The number of rotatable bonds is 11. The van der Waals surface area contributed by atoms with Crippen molar-refractivity contribution < 1.29 is 4.74 Å². The maximum atomic E-state index is 5.67. The lowest BCUT2D eigenvalue weighted by Gasteiger charge is -2.23. The number of hydrogen-bond donors (Lipinski definition) is 1. The Morgan fingerprint density at radius 2 is 1.90 bits per heavy atom. The Balaban J connectivity index is 2.78. The number of hydrogen-bond acceptors (Lipinski definition) is 2. The van der Waals surface area contributed by atoms with Crippen LogP contribution in [0.25, 0.3) is 0 Å². The van der Waals surface area contributed by atoms with Gasteiger partial charge in [-0.05, 0) is 55.7 Å². The molecule has 1 rings (SSSR count). The zero-order chi connectivity index (χ0) is 15.5. The second-order valence-corrected chi connectivity index (χ2v) is 6.00. The summed E-state index contributed by atoms with van der Waals surface area (Å²) >= 11 is 0. The molecule has 21 heavy (non-hydrogen) atoms. The van der Waals surface area contributed by atoms with E-state index in [0.29, 0.717) is 12.0 Å². The summed E-state index contributed by atoms with van der Waals surface area (Å²) in [6, 6.07) is 9.09. The summed E-state index contributed by atoms with van der Waals surface area (Å²) < 4.78 is 5.67. The molecule has 0 radical (unpaired) electrons. The molecule has 0 aromatic heterocycles. The first-order valence-corrected chi connectivity index (χ1v) is 8.56. The van der Waals surface area contributed by atoms with Crippen LogP contribution in [0.1, 0.15) is 69.4 Å². The smallest absolute Gasteiger partial charge is 0.0577 e. The van der Waals surface area contributed by atoms with Gasteiger partial charge in [0.15, 0.2) is 0 Å². The van der Waals surface area contributed by atoms with E-state index in [-0.39, 0.29) is 0 Å². The van der Waals surface area contributed by atoms with Crippen molar-refractivity contribution in [3.05, 3.63) is 35.4 Å². The van der Waals surface area contributed by atoms with Crippen LogP contribution in [-0.2, 0) is 11.2 Å². The number of ether oxygens (including phenoxy) is 1. The van der Waals surface area contributed by atoms with Gasteiger partial charge in [0.1, 0.15) is 0 Å². The fourth-order valence-corrected chi connectivity index (χ4v) is 3.05. The van der Waals surface area contributed by atoms with E-state index in [4.69, 9.17) is 10.5 Å². The highest BCUT2D eigenvalue weighted by Crippen LogP contribution is 2.29. The van der Waals surface area contributed by atoms with Crippen molar-refractivity contribution in [3.63, 3.8) is 0 Å². The minimum atomic E-state index is 0.388. The maximum absolute atomic E-state index is 5.67. The van der Waals surface area contributed by atoms with Crippen molar-refractivity contribution in [1.82, 2.24) is 0 Å². The summed E-state index contributed by atoms with van der Waals surface area (Å²) in [5, 5.41) is 0. The molecule has 0 saturated heterocycles. The average Bonchev–Trinajstić information content (AvgIpc) is 2.52. The first kappa shape index (κ1) is 18.2. The van der Waals surface area contributed by atoms with E-state index in [1.807, 2.05) is 7.11 Å². The Kier molecular flexibility index (Phi) is 9.36. The first-order valence-electron chi connectivity index (χ1n) is 8.56. The first-order chi connectivity index (χ1) is 10.2. The van der Waals surface area contributed by atoms with Crippen LogP contribution in [0.15, 0.2) is 24.3 Å². The molecule has 0 aliphatic heterocycles. The van der Waals surface area contributed by atoms with Gasteiger partial charge >= 0.3 is 0 Å². The third-order valence-corrected chi connectivity index (χ3v) is 4.22. The molecule has 0 heterocycles. The highest BCUT2D eigenvalue weighted by atomic mass is 16.5. The molecule has 0 bridgehead atoms. The summed E-state index contributed by atoms with van der Waals surface area (Å²) in [4.78, 5) is 0. The van der Waals surface area contributed by atoms with Crippen LogP contribution in [0, 0.1) is 0 Å². The van der Waals surface area contributed by atoms with Gasteiger partial charge in [0.05, 0.1) is 6.10 Å². The maximum Gasteiger partial charge on any atom is 0.0577 e. The molecule has 0 spiro atoms. The predicted molar refractivity (Wildman–Crippen MR) is 91.8 cm³/mol. The third-order valence-electron chi connectivity index (χ3n) is 4.22. The van der Waals surface area contributed by atoms with Gasteiger partial charge < -0.3 is 10.5 Å². The van der Waals surface area contributed by atoms with E-state index in [1.165, 1.54) is 30.4 Å². The minimum Gasteiger partial charge on any atom is -0.381 e. The number of nitrogens with two attached hydrogens (primary N) is 1. The molecule has 0 amide bonds. The molecule has 0 saturated carbocycles. The number of methoxy groups -OCH3 is 1. The van der Waals surface area contributed by atoms with Gasteiger partial charge in [0.25, 0.3) is 0 Å². The van der Waals surface area contributed by atoms with E-state index in [2.05, 4.69) is 38.1 Å². The van der Waals surface area contributed by atoms with E-state index >= 15 is 0 Å². The van der Waals surface area contributed by atoms with Gasteiger partial charge in [-0.2, -0.15) is 0 Å².